The van der Waals surface area contributed by atoms with Crippen molar-refractivity contribution in [1.29, 1.82) is 0 Å². The molecule has 8 nitrogen and oxygen atoms in total. The Bertz CT molecular complexity index is 749. The van der Waals surface area contributed by atoms with Gasteiger partial charge < -0.3 is 35.4 Å². The molecule has 1 aromatic heterocycles. The molecule has 1 aliphatic heterocycles. The van der Waals surface area contributed by atoms with Crippen LogP contribution in [0.4, 0.5) is 0 Å². The summed E-state index contributed by atoms with van der Waals surface area (Å²) in [5.74, 6) is 0. The zero-order chi connectivity index (χ0) is 18.0. The SMILES string of the molecule is OC[C@H]1O[C@@H](SC(Cc2c[nH]c3ccccc23)=NO)[C@H](O)[C@@H](O)[C@@H]1O. The van der Waals surface area contributed by atoms with Gasteiger partial charge in [-0.25, -0.2) is 0 Å². The molecule has 0 amide bonds. The molecule has 136 valence electrons. The average molecular weight is 368 g/mol. The molecule has 0 bridgehead atoms. The molecule has 1 saturated heterocycles. The highest BCUT2D eigenvalue weighted by Crippen LogP contribution is 2.31. The van der Waals surface area contributed by atoms with Crippen LogP contribution in [-0.2, 0) is 11.2 Å². The molecular formula is C16H20N2O6S. The van der Waals surface area contributed by atoms with Crippen molar-refractivity contribution in [2.24, 2.45) is 5.16 Å². The first-order chi connectivity index (χ1) is 12.0. The van der Waals surface area contributed by atoms with Crippen LogP contribution in [0.25, 0.3) is 10.9 Å². The standard InChI is InChI=1S/C16H20N2O6S/c19-7-11-13(20)14(21)15(22)16(24-11)25-12(18-23)5-8-6-17-10-4-2-1-3-9(8)10/h1-4,6,11,13-17,19-23H,5,7H2/t11-,13-,14+,15-,16+/m1/s1. The molecule has 6 N–H and O–H groups in total. The lowest BCUT2D eigenvalue weighted by molar-refractivity contribution is -0.205. The Labute approximate surface area is 147 Å². The third kappa shape index (κ3) is 3.66. The Morgan fingerprint density at radius 1 is 1.16 bits per heavy atom. The first-order valence-corrected chi connectivity index (χ1v) is 8.66. The summed E-state index contributed by atoms with van der Waals surface area (Å²) in [6.45, 7) is -0.504. The summed E-state index contributed by atoms with van der Waals surface area (Å²) in [5.41, 5.74) is 0.875. The molecule has 0 aliphatic carbocycles. The van der Waals surface area contributed by atoms with Crippen molar-refractivity contribution in [3.05, 3.63) is 36.0 Å². The molecule has 5 atom stereocenters. The number of aromatic nitrogens is 1. The number of ether oxygens (including phenoxy) is 1. The van der Waals surface area contributed by atoms with Crippen molar-refractivity contribution in [3.63, 3.8) is 0 Å². The van der Waals surface area contributed by atoms with Crippen LogP contribution in [0.15, 0.2) is 35.6 Å². The molecule has 0 radical (unpaired) electrons. The molecule has 1 aromatic carbocycles. The lowest BCUT2D eigenvalue weighted by Gasteiger charge is -2.39. The Hall–Kier alpha value is -1.62. The Morgan fingerprint density at radius 2 is 1.92 bits per heavy atom. The third-order valence-electron chi connectivity index (χ3n) is 4.23. The minimum absolute atomic E-state index is 0.272. The topological polar surface area (TPSA) is 139 Å². The van der Waals surface area contributed by atoms with Crippen LogP contribution in [0.5, 0.6) is 0 Å². The summed E-state index contributed by atoms with van der Waals surface area (Å²) in [4.78, 5) is 3.13. The van der Waals surface area contributed by atoms with Crippen molar-refractivity contribution < 1.29 is 30.4 Å². The van der Waals surface area contributed by atoms with E-state index >= 15 is 0 Å². The smallest absolute Gasteiger partial charge is 0.138 e. The Morgan fingerprint density at radius 3 is 2.64 bits per heavy atom. The molecule has 2 aromatic rings. The fourth-order valence-corrected chi connectivity index (χ4v) is 3.89. The molecule has 2 heterocycles. The van der Waals surface area contributed by atoms with Gasteiger partial charge in [0.05, 0.1) is 6.61 Å². The molecule has 1 aliphatic rings. The van der Waals surface area contributed by atoms with Crippen LogP contribution >= 0.6 is 11.8 Å². The van der Waals surface area contributed by atoms with E-state index in [0.29, 0.717) is 6.42 Å². The van der Waals surface area contributed by atoms with E-state index in [1.165, 1.54) is 0 Å². The van der Waals surface area contributed by atoms with Crippen LogP contribution in [-0.4, -0.2) is 72.1 Å². The largest absolute Gasteiger partial charge is 0.410 e. The number of aromatic amines is 1. The monoisotopic (exact) mass is 368 g/mol. The zero-order valence-corrected chi connectivity index (χ0v) is 14.0. The van der Waals surface area contributed by atoms with Gasteiger partial charge in [0.25, 0.3) is 0 Å². The normalized spacial score (nSPS) is 30.7. The zero-order valence-electron chi connectivity index (χ0n) is 13.2. The van der Waals surface area contributed by atoms with Gasteiger partial charge in [-0.05, 0) is 11.6 Å². The number of hydrogen-bond acceptors (Lipinski definition) is 8. The highest BCUT2D eigenvalue weighted by atomic mass is 32.2. The van der Waals surface area contributed by atoms with Crippen molar-refractivity contribution in [3.8, 4) is 0 Å². The number of hydrogen-bond donors (Lipinski definition) is 6. The van der Waals surface area contributed by atoms with E-state index in [9.17, 15) is 25.6 Å². The number of rotatable bonds is 4. The number of aliphatic hydroxyl groups is 4. The van der Waals surface area contributed by atoms with E-state index in [4.69, 9.17) is 4.74 Å². The fourth-order valence-electron chi connectivity index (χ4n) is 2.84. The van der Waals surface area contributed by atoms with E-state index in [-0.39, 0.29) is 5.04 Å². The maximum Gasteiger partial charge on any atom is 0.138 e. The van der Waals surface area contributed by atoms with Crippen molar-refractivity contribution in [2.45, 2.75) is 36.3 Å². The van der Waals surface area contributed by atoms with Gasteiger partial charge in [0.15, 0.2) is 0 Å². The number of aliphatic hydroxyl groups excluding tert-OH is 4. The third-order valence-corrected chi connectivity index (χ3v) is 5.35. The molecule has 0 spiro atoms. The fraction of sp³-hybridized carbons (Fsp3) is 0.438. The molecule has 0 saturated carbocycles. The summed E-state index contributed by atoms with van der Waals surface area (Å²) < 4.78 is 5.42. The summed E-state index contributed by atoms with van der Waals surface area (Å²) >= 11 is 0.937. The lowest BCUT2D eigenvalue weighted by Crippen LogP contribution is -2.57. The van der Waals surface area contributed by atoms with Gasteiger partial charge in [-0.3, -0.25) is 0 Å². The maximum atomic E-state index is 10.1. The number of benzene rings is 1. The number of H-pyrrole nitrogens is 1. The van der Waals surface area contributed by atoms with Crippen molar-refractivity contribution in [2.75, 3.05) is 6.61 Å². The van der Waals surface area contributed by atoms with E-state index in [0.717, 1.165) is 28.2 Å². The van der Waals surface area contributed by atoms with Gasteiger partial charge in [0.1, 0.15) is 34.9 Å². The van der Waals surface area contributed by atoms with Crippen LogP contribution in [0.3, 0.4) is 0 Å². The molecule has 9 heteroatoms. The summed E-state index contributed by atoms with van der Waals surface area (Å²) in [5, 5.41) is 52.8. The van der Waals surface area contributed by atoms with Crippen LogP contribution < -0.4 is 0 Å². The number of nitrogens with one attached hydrogen (secondary N) is 1. The number of oxime groups is 1. The van der Waals surface area contributed by atoms with Crippen LogP contribution in [0.2, 0.25) is 0 Å². The van der Waals surface area contributed by atoms with Gasteiger partial charge in [-0.1, -0.05) is 35.1 Å². The minimum Gasteiger partial charge on any atom is -0.410 e. The van der Waals surface area contributed by atoms with E-state index < -0.39 is 36.5 Å². The summed E-state index contributed by atoms with van der Waals surface area (Å²) in [7, 11) is 0. The molecule has 25 heavy (non-hydrogen) atoms. The van der Waals surface area contributed by atoms with Gasteiger partial charge in [0.2, 0.25) is 0 Å². The molecular weight excluding hydrogens is 348 g/mol. The first-order valence-electron chi connectivity index (χ1n) is 7.78. The van der Waals surface area contributed by atoms with Gasteiger partial charge in [-0.2, -0.15) is 0 Å². The van der Waals surface area contributed by atoms with Crippen molar-refractivity contribution in [1.82, 2.24) is 4.98 Å². The Balaban J connectivity index is 1.74. The summed E-state index contributed by atoms with van der Waals surface area (Å²) in [6.07, 6.45) is -3.16. The highest BCUT2D eigenvalue weighted by molar-refractivity contribution is 8.14. The molecule has 3 rings (SSSR count). The number of thioether (sulfide) groups is 1. The van der Waals surface area contributed by atoms with Gasteiger partial charge >= 0.3 is 0 Å². The molecule has 0 unspecified atom stereocenters. The Kier molecular flexibility index (Phi) is 5.62. The minimum atomic E-state index is -1.46. The lowest BCUT2D eigenvalue weighted by atomic mass is 10.0. The van der Waals surface area contributed by atoms with Crippen LogP contribution in [0, 0.1) is 0 Å². The number of fused-ring (bicyclic) bond motifs is 1. The predicted molar refractivity (Wildman–Crippen MR) is 92.6 cm³/mol. The predicted octanol–water partition coefficient (Wildman–Crippen LogP) is 0.0312. The molecule has 1 fully saturated rings. The second-order valence-electron chi connectivity index (χ2n) is 5.85. The average Bonchev–Trinajstić information content (AvgIpc) is 3.04. The van der Waals surface area contributed by atoms with E-state index in [2.05, 4.69) is 10.1 Å². The second kappa shape index (κ2) is 7.73. The number of para-hydroxylation sites is 1. The van der Waals surface area contributed by atoms with Gasteiger partial charge in [0, 0.05) is 23.5 Å². The van der Waals surface area contributed by atoms with Crippen LogP contribution in [0.1, 0.15) is 5.56 Å². The quantitative estimate of drug-likeness (QED) is 0.194. The summed E-state index contributed by atoms with van der Waals surface area (Å²) in [6, 6.07) is 7.68. The van der Waals surface area contributed by atoms with E-state index in [1.54, 1.807) is 0 Å². The van der Waals surface area contributed by atoms with Gasteiger partial charge in [-0.15, -0.1) is 0 Å². The highest BCUT2D eigenvalue weighted by Gasteiger charge is 2.44. The first kappa shape index (κ1) is 18.2. The second-order valence-corrected chi connectivity index (χ2v) is 7.02. The van der Waals surface area contributed by atoms with Crippen molar-refractivity contribution >= 4 is 27.7 Å². The van der Waals surface area contributed by atoms with E-state index in [1.807, 2.05) is 30.5 Å². The number of nitrogens with zero attached hydrogens (tertiary/aromatic N) is 1. The maximum absolute atomic E-state index is 10.1.